The number of aromatic nitrogens is 1. The summed E-state index contributed by atoms with van der Waals surface area (Å²) in [5.74, 6) is 1.37. The van der Waals surface area contributed by atoms with Gasteiger partial charge < -0.3 is 5.11 Å². The van der Waals surface area contributed by atoms with Gasteiger partial charge >= 0.3 is 0 Å². The molecule has 114 valence electrons. The molecule has 1 aliphatic rings. The summed E-state index contributed by atoms with van der Waals surface area (Å²) >= 11 is 0. The Kier molecular flexibility index (Phi) is 8.18. The molecule has 1 N–H and O–H groups in total. The van der Waals surface area contributed by atoms with Crippen LogP contribution in [0.2, 0.25) is 0 Å². The van der Waals surface area contributed by atoms with Crippen LogP contribution in [0.25, 0.3) is 0 Å². The fourth-order valence-corrected chi connectivity index (χ4v) is 1.96. The highest BCUT2D eigenvalue weighted by Gasteiger charge is 2.09. The van der Waals surface area contributed by atoms with E-state index < -0.39 is 0 Å². The van der Waals surface area contributed by atoms with Crippen LogP contribution in [-0.2, 0) is 6.54 Å². The van der Waals surface area contributed by atoms with E-state index in [1.807, 2.05) is 49.0 Å². The van der Waals surface area contributed by atoms with Crippen LogP contribution in [0.4, 0.5) is 0 Å². The molecule has 0 bridgehead atoms. The maximum absolute atomic E-state index is 9.11. The summed E-state index contributed by atoms with van der Waals surface area (Å²) in [6, 6.07) is 13.6. The molecule has 21 heavy (non-hydrogen) atoms. The van der Waals surface area contributed by atoms with E-state index in [0.717, 1.165) is 12.5 Å². The topological polar surface area (TPSA) is 24.1 Å². The maximum Gasteiger partial charge on any atom is 0.173 e. The third-order valence-electron chi connectivity index (χ3n) is 3.48. The number of rotatable bonds is 2. The van der Waals surface area contributed by atoms with Gasteiger partial charge in [-0.25, -0.2) is 4.57 Å². The van der Waals surface area contributed by atoms with Gasteiger partial charge in [-0.2, -0.15) is 0 Å². The lowest BCUT2D eigenvalue weighted by atomic mass is 9.88. The lowest BCUT2D eigenvalue weighted by molar-refractivity contribution is -0.688. The van der Waals surface area contributed by atoms with Crippen molar-refractivity contribution in [3.8, 4) is 5.75 Å². The van der Waals surface area contributed by atoms with E-state index in [2.05, 4.69) is 19.1 Å². The molecular formula is C19H28NO+. The molecule has 0 radical (unpaired) electrons. The van der Waals surface area contributed by atoms with Gasteiger partial charge in [0.25, 0.3) is 0 Å². The minimum Gasteiger partial charge on any atom is -0.507 e. The summed E-state index contributed by atoms with van der Waals surface area (Å²) in [7, 11) is 0. The minimum atomic E-state index is 0.300. The van der Waals surface area contributed by atoms with E-state index in [1.165, 1.54) is 24.8 Å². The molecule has 0 atom stereocenters. The van der Waals surface area contributed by atoms with Gasteiger partial charge in [-0.05, 0) is 5.92 Å². The zero-order valence-corrected chi connectivity index (χ0v) is 13.5. The van der Waals surface area contributed by atoms with Crippen molar-refractivity contribution in [3.63, 3.8) is 0 Å². The number of nitrogens with zero attached hydrogens (tertiary/aromatic N) is 1. The Morgan fingerprint density at radius 1 is 1.00 bits per heavy atom. The Balaban J connectivity index is 0.000000263. The van der Waals surface area contributed by atoms with Crippen molar-refractivity contribution in [1.29, 1.82) is 0 Å². The fraction of sp³-hybridized carbons (Fsp3) is 0.421. The standard InChI is InChI=1S/C12H11NO.C5H10.C2H6/c14-12-6-8-13(9-7-12)10-11-4-2-1-3-5-11;1-5-3-2-4-5;1-2/h1-9H,10H2;5H,2-4H2,1H3;1-2H3/p+1. The van der Waals surface area contributed by atoms with Crippen LogP contribution >= 0.6 is 0 Å². The molecule has 2 heteroatoms. The predicted molar refractivity (Wildman–Crippen MR) is 88.2 cm³/mol. The van der Waals surface area contributed by atoms with E-state index in [9.17, 15) is 0 Å². The second kappa shape index (κ2) is 9.98. The van der Waals surface area contributed by atoms with Crippen molar-refractivity contribution >= 4 is 0 Å². The molecule has 0 aliphatic heterocycles. The number of aromatic hydroxyl groups is 1. The summed E-state index contributed by atoms with van der Waals surface area (Å²) < 4.78 is 2.02. The normalized spacial score (nSPS) is 13.1. The smallest absolute Gasteiger partial charge is 0.173 e. The minimum absolute atomic E-state index is 0.300. The number of benzene rings is 1. The van der Waals surface area contributed by atoms with Crippen molar-refractivity contribution < 1.29 is 9.67 Å². The molecule has 3 rings (SSSR count). The molecule has 1 aromatic heterocycles. The monoisotopic (exact) mass is 286 g/mol. The first-order chi connectivity index (χ1) is 10.2. The molecule has 1 aromatic carbocycles. The predicted octanol–water partition coefficient (Wildman–Crippen LogP) is 4.56. The van der Waals surface area contributed by atoms with Gasteiger partial charge in [-0.15, -0.1) is 0 Å². The highest BCUT2D eigenvalue weighted by atomic mass is 16.3. The first-order valence-electron chi connectivity index (χ1n) is 7.96. The van der Waals surface area contributed by atoms with Crippen molar-refractivity contribution in [2.75, 3.05) is 0 Å². The summed E-state index contributed by atoms with van der Waals surface area (Å²) in [5, 5.41) is 9.11. The van der Waals surface area contributed by atoms with Crippen LogP contribution in [0.3, 0.4) is 0 Å². The largest absolute Gasteiger partial charge is 0.507 e. The third-order valence-corrected chi connectivity index (χ3v) is 3.48. The van der Waals surface area contributed by atoms with Gasteiger partial charge in [0, 0.05) is 17.7 Å². The zero-order valence-electron chi connectivity index (χ0n) is 13.5. The van der Waals surface area contributed by atoms with Crippen LogP contribution in [0.1, 0.15) is 45.6 Å². The highest BCUT2D eigenvalue weighted by Crippen LogP contribution is 2.24. The Labute approximate surface area is 129 Å². The van der Waals surface area contributed by atoms with Gasteiger partial charge in [0.1, 0.15) is 5.75 Å². The van der Waals surface area contributed by atoms with Crippen LogP contribution in [0.5, 0.6) is 5.75 Å². The van der Waals surface area contributed by atoms with E-state index in [-0.39, 0.29) is 0 Å². The third kappa shape index (κ3) is 6.94. The van der Waals surface area contributed by atoms with Crippen molar-refractivity contribution in [2.45, 2.75) is 46.6 Å². The summed E-state index contributed by atoms with van der Waals surface area (Å²) in [6.07, 6.45) is 8.19. The van der Waals surface area contributed by atoms with Crippen molar-refractivity contribution in [2.24, 2.45) is 5.92 Å². The first kappa shape index (κ1) is 17.2. The van der Waals surface area contributed by atoms with Crippen molar-refractivity contribution in [3.05, 3.63) is 60.4 Å². The molecule has 1 fully saturated rings. The fourth-order valence-electron chi connectivity index (χ4n) is 1.96. The first-order valence-corrected chi connectivity index (χ1v) is 7.96. The quantitative estimate of drug-likeness (QED) is 0.804. The Morgan fingerprint density at radius 2 is 1.52 bits per heavy atom. The van der Waals surface area contributed by atoms with Gasteiger partial charge in [0.05, 0.1) is 0 Å². The second-order valence-electron chi connectivity index (χ2n) is 5.25. The SMILES string of the molecule is CC.CC1CCC1.Oc1cc[n+](Cc2ccccc2)cc1. The lowest BCUT2D eigenvalue weighted by Gasteiger charge is -2.18. The van der Waals surface area contributed by atoms with Crippen LogP contribution in [-0.4, -0.2) is 5.11 Å². The van der Waals surface area contributed by atoms with E-state index in [4.69, 9.17) is 5.11 Å². The molecule has 2 aromatic rings. The van der Waals surface area contributed by atoms with Gasteiger partial charge in [-0.3, -0.25) is 0 Å². The zero-order chi connectivity index (χ0) is 15.5. The van der Waals surface area contributed by atoms with E-state index >= 15 is 0 Å². The summed E-state index contributed by atoms with van der Waals surface area (Å²) in [6.45, 7) is 7.14. The number of hydrogen-bond acceptors (Lipinski definition) is 1. The molecule has 0 unspecified atom stereocenters. The van der Waals surface area contributed by atoms with Crippen LogP contribution in [0.15, 0.2) is 54.9 Å². The van der Waals surface area contributed by atoms with E-state index in [1.54, 1.807) is 12.1 Å². The lowest BCUT2D eigenvalue weighted by Crippen LogP contribution is -2.32. The maximum atomic E-state index is 9.11. The molecule has 0 spiro atoms. The van der Waals surface area contributed by atoms with Gasteiger partial charge in [-0.1, -0.05) is 70.4 Å². The molecule has 0 saturated heterocycles. The highest BCUT2D eigenvalue weighted by molar-refractivity contribution is 5.14. The average Bonchev–Trinajstić information content (AvgIpc) is 2.51. The number of pyridine rings is 1. The second-order valence-corrected chi connectivity index (χ2v) is 5.25. The number of hydrogen-bond donors (Lipinski definition) is 1. The van der Waals surface area contributed by atoms with Crippen molar-refractivity contribution in [1.82, 2.24) is 0 Å². The van der Waals surface area contributed by atoms with Crippen LogP contribution in [0, 0.1) is 5.92 Å². The average molecular weight is 286 g/mol. The Hall–Kier alpha value is -1.83. The molecule has 1 heterocycles. The van der Waals surface area contributed by atoms with Crippen LogP contribution < -0.4 is 4.57 Å². The molecule has 1 saturated carbocycles. The van der Waals surface area contributed by atoms with E-state index in [0.29, 0.717) is 5.75 Å². The Bertz CT molecular complexity index is 475. The molecule has 2 nitrogen and oxygen atoms in total. The molecule has 0 amide bonds. The summed E-state index contributed by atoms with van der Waals surface area (Å²) in [4.78, 5) is 0. The van der Waals surface area contributed by atoms with Gasteiger partial charge in [0.15, 0.2) is 18.9 Å². The molecular weight excluding hydrogens is 258 g/mol. The molecule has 1 aliphatic carbocycles. The Morgan fingerprint density at radius 3 is 1.95 bits per heavy atom. The van der Waals surface area contributed by atoms with Gasteiger partial charge in [0.2, 0.25) is 0 Å². The summed E-state index contributed by atoms with van der Waals surface area (Å²) in [5.41, 5.74) is 1.25.